The lowest BCUT2D eigenvalue weighted by Crippen LogP contribution is -2.17. The summed E-state index contributed by atoms with van der Waals surface area (Å²) in [6, 6.07) is 7.08. The molecule has 1 amide bonds. The van der Waals surface area contributed by atoms with Crippen LogP contribution >= 0.6 is 0 Å². The fourth-order valence-electron chi connectivity index (χ4n) is 1.56. The number of benzene rings is 1. The maximum absolute atomic E-state index is 11.7. The van der Waals surface area contributed by atoms with Crippen molar-refractivity contribution in [3.8, 4) is 11.4 Å². The highest BCUT2D eigenvalue weighted by atomic mass is 16.2. The van der Waals surface area contributed by atoms with E-state index in [1.165, 1.54) is 4.68 Å². The molecule has 0 bridgehead atoms. The molecule has 6 nitrogen and oxygen atoms in total. The number of nitrogens with zero attached hydrogens (tertiary/aromatic N) is 4. The molecule has 0 unspecified atom stereocenters. The number of anilines is 1. The summed E-state index contributed by atoms with van der Waals surface area (Å²) >= 11 is 0. The van der Waals surface area contributed by atoms with Crippen molar-refractivity contribution in [2.24, 2.45) is 0 Å². The minimum Gasteiger partial charge on any atom is -0.324 e. The van der Waals surface area contributed by atoms with Crippen molar-refractivity contribution < 1.29 is 6.21 Å². The number of aromatic nitrogens is 4. The topological polar surface area (TPSA) is 72.7 Å². The summed E-state index contributed by atoms with van der Waals surface area (Å²) in [5, 5.41) is 12.0. The quantitative estimate of drug-likeness (QED) is 0.666. The van der Waals surface area contributed by atoms with Crippen LogP contribution in [0.3, 0.4) is 0 Å². The molecular formula is C9H7N5O. The number of fused-ring (bicyclic) bond motifs is 3. The number of hydrogen-bond donors (Lipinski definition) is 1. The van der Waals surface area contributed by atoms with Gasteiger partial charge in [0.05, 0.1) is 5.69 Å². The van der Waals surface area contributed by atoms with Gasteiger partial charge in [-0.1, -0.05) is 12.1 Å². The van der Waals surface area contributed by atoms with Crippen LogP contribution in [-0.2, 0) is 11.3 Å². The van der Waals surface area contributed by atoms with Crippen molar-refractivity contribution in [3.63, 3.8) is 0 Å². The highest BCUT2D eigenvalue weighted by molar-refractivity contribution is 5.96. The lowest BCUT2D eigenvalue weighted by Gasteiger charge is -2.03. The van der Waals surface area contributed by atoms with Gasteiger partial charge in [-0.15, -0.1) is 5.10 Å². The third-order valence-corrected chi connectivity index (χ3v) is 2.21. The highest BCUT2D eigenvalue weighted by Crippen LogP contribution is 2.27. The number of rotatable bonds is 0. The molecule has 1 aromatic heterocycles. The molecule has 3 rings (SSSR count). The highest BCUT2D eigenvalue weighted by Gasteiger charge is 2.19. The molecule has 74 valence electrons. The van der Waals surface area contributed by atoms with Crippen LogP contribution in [0, 0.1) is 0 Å². The van der Waals surface area contributed by atoms with Crippen molar-refractivity contribution in [1.29, 1.82) is 0 Å². The molecule has 0 radical (unpaired) electrons. The average molecular weight is 202 g/mol. The molecule has 1 aromatic carbocycles. The number of amides is 1. The first-order valence-corrected chi connectivity index (χ1v) is 4.45. The zero-order chi connectivity index (χ0) is 11.1. The molecule has 1 aliphatic rings. The Labute approximate surface area is 86.4 Å². The minimum atomic E-state index is -0.362. The van der Waals surface area contributed by atoms with Gasteiger partial charge in [0, 0.05) is 5.56 Å². The Morgan fingerprint density at radius 1 is 1.47 bits per heavy atom. The molecule has 2 heterocycles. The van der Waals surface area contributed by atoms with Crippen LogP contribution < -0.4 is 5.31 Å². The zero-order valence-corrected chi connectivity index (χ0v) is 7.66. The van der Waals surface area contributed by atoms with Crippen LogP contribution in [0.15, 0.2) is 24.3 Å². The standard InChI is InChI=1S/C9H7N5O/c15-8-5-14-9(11-12-13-14)6-3-1-2-4-7(6)10-8/h1-4H,5H2,(H,10,15)/i/hD. The Balaban J connectivity index is 2.32. The number of carbonyl (C=O) groups excluding carboxylic acids is 1. The van der Waals surface area contributed by atoms with Crippen molar-refractivity contribution in [1.82, 2.24) is 20.2 Å². The van der Waals surface area contributed by atoms with E-state index in [1.807, 2.05) is 6.07 Å². The van der Waals surface area contributed by atoms with E-state index in [-0.39, 0.29) is 12.5 Å². The molecule has 1 aliphatic heterocycles. The van der Waals surface area contributed by atoms with Gasteiger partial charge in [0.15, 0.2) is 7.24 Å². The van der Waals surface area contributed by atoms with Gasteiger partial charge in [-0.25, -0.2) is 4.68 Å². The normalized spacial score (nSPS) is 15.3. The van der Waals surface area contributed by atoms with Gasteiger partial charge in [-0.05, 0) is 22.6 Å². The fourth-order valence-corrected chi connectivity index (χ4v) is 1.56. The second-order valence-electron chi connectivity index (χ2n) is 3.18. The van der Waals surface area contributed by atoms with Gasteiger partial charge in [0.25, 0.3) is 0 Å². The molecule has 0 fully saturated rings. The van der Waals surface area contributed by atoms with Gasteiger partial charge in [0.1, 0.15) is 6.54 Å². The first kappa shape index (κ1) is 7.10. The van der Waals surface area contributed by atoms with Crippen molar-refractivity contribution in [2.75, 3.05) is 5.31 Å². The summed E-state index contributed by atoms with van der Waals surface area (Å²) in [6.07, 6.45) is 0. The second-order valence-corrected chi connectivity index (χ2v) is 3.18. The minimum absolute atomic E-state index is 0.0134. The molecule has 6 heteroatoms. The third kappa shape index (κ3) is 1.18. The van der Waals surface area contributed by atoms with Gasteiger partial charge in [0.2, 0.25) is 5.91 Å². The van der Waals surface area contributed by atoms with E-state index >= 15 is 0 Å². The zero-order valence-electron chi connectivity index (χ0n) is 8.66. The van der Waals surface area contributed by atoms with Crippen molar-refractivity contribution in [2.45, 2.75) is 6.54 Å². The van der Waals surface area contributed by atoms with Crippen LogP contribution in [0.2, 0.25) is 1.41 Å². The van der Waals surface area contributed by atoms with Crippen LogP contribution in [0.4, 0.5) is 5.69 Å². The van der Waals surface area contributed by atoms with E-state index < -0.39 is 0 Å². The van der Waals surface area contributed by atoms with Crippen LogP contribution in [0.1, 0.15) is 0 Å². The third-order valence-electron chi connectivity index (χ3n) is 2.21. The van der Waals surface area contributed by atoms with E-state index in [1.54, 1.807) is 18.2 Å². The molecule has 1 N–H and O–H groups in total. The smallest absolute Gasteiger partial charge is 0.246 e. The summed E-state index contributed by atoms with van der Waals surface area (Å²) in [5.41, 5.74) is 1.19. The second kappa shape index (κ2) is 2.88. The van der Waals surface area contributed by atoms with Crippen molar-refractivity contribution in [3.05, 3.63) is 24.3 Å². The average Bonchev–Trinajstić information content (AvgIpc) is 2.72. The molecule has 0 aliphatic carbocycles. The predicted octanol–water partition coefficient (Wildman–Crippen LogP) is 0.292. The SMILES string of the molecule is [2H]N1C(=O)Cn2nnnc2-c2ccccc21. The first-order valence-electron chi connectivity index (χ1n) is 4.89. The van der Waals surface area contributed by atoms with E-state index in [0.717, 1.165) is 5.31 Å². The number of hydrogen-bond acceptors (Lipinski definition) is 4. The van der Waals surface area contributed by atoms with E-state index in [2.05, 4.69) is 15.5 Å². The predicted molar refractivity (Wildman–Crippen MR) is 51.9 cm³/mol. The lowest BCUT2D eigenvalue weighted by molar-refractivity contribution is -0.116. The van der Waals surface area contributed by atoms with Gasteiger partial charge in [-0.2, -0.15) is 0 Å². The summed E-state index contributed by atoms with van der Waals surface area (Å²) in [4.78, 5) is 11.7. The molecule has 0 spiro atoms. The molecule has 0 saturated heterocycles. The van der Waals surface area contributed by atoms with Gasteiger partial charge in [-0.3, -0.25) is 4.79 Å². The Morgan fingerprint density at radius 3 is 3.27 bits per heavy atom. The van der Waals surface area contributed by atoms with Crippen molar-refractivity contribution >= 4 is 11.6 Å². The molecular weight excluding hydrogens is 194 g/mol. The number of nitrogens with one attached hydrogen (secondary N) is 1. The number of tetrazole rings is 1. The van der Waals surface area contributed by atoms with Crippen LogP contribution in [0.5, 0.6) is 0 Å². The summed E-state index contributed by atoms with van der Waals surface area (Å²) in [6.45, 7) is -0.0134. The summed E-state index contributed by atoms with van der Waals surface area (Å²) in [5.74, 6) is 0.150. The Bertz CT molecular complexity index is 567. The molecule has 0 atom stereocenters. The molecule has 2 aromatic rings. The Morgan fingerprint density at radius 2 is 2.33 bits per heavy atom. The van der Waals surface area contributed by atoms with E-state index in [0.29, 0.717) is 17.1 Å². The van der Waals surface area contributed by atoms with Crippen LogP contribution in [0.25, 0.3) is 11.4 Å². The van der Waals surface area contributed by atoms with E-state index in [4.69, 9.17) is 1.41 Å². The Kier molecular flexibility index (Phi) is 1.36. The maximum Gasteiger partial charge on any atom is 0.246 e. The number of carbonyl (C=O) groups is 1. The first-order chi connectivity index (χ1) is 7.77. The van der Waals surface area contributed by atoms with Crippen LogP contribution in [-0.4, -0.2) is 26.1 Å². The molecule has 0 saturated carbocycles. The Hall–Kier alpha value is -2.24. The maximum atomic E-state index is 11.7. The number of para-hydroxylation sites is 1. The fraction of sp³-hybridized carbons (Fsp3) is 0.111. The van der Waals surface area contributed by atoms with Gasteiger partial charge < -0.3 is 5.31 Å². The summed E-state index contributed by atoms with van der Waals surface area (Å²) in [7, 11) is 0. The van der Waals surface area contributed by atoms with E-state index in [9.17, 15) is 4.79 Å². The van der Waals surface area contributed by atoms with Gasteiger partial charge >= 0.3 is 0 Å². The summed E-state index contributed by atoms with van der Waals surface area (Å²) < 4.78 is 9.11. The lowest BCUT2D eigenvalue weighted by atomic mass is 10.1. The largest absolute Gasteiger partial charge is 0.324 e. The molecule has 15 heavy (non-hydrogen) atoms. The monoisotopic (exact) mass is 202 g/mol.